The van der Waals surface area contributed by atoms with Gasteiger partial charge in [-0.2, -0.15) is 0 Å². The van der Waals surface area contributed by atoms with Gasteiger partial charge in [0.2, 0.25) is 10.0 Å². The molecule has 1 aromatic carbocycles. The van der Waals surface area contributed by atoms with E-state index in [1.54, 1.807) is 0 Å². The number of benzene rings is 1. The van der Waals surface area contributed by atoms with Crippen LogP contribution in [0.3, 0.4) is 0 Å². The molecule has 1 rings (SSSR count). The summed E-state index contributed by atoms with van der Waals surface area (Å²) in [6, 6.07) is 3.61. The summed E-state index contributed by atoms with van der Waals surface area (Å²) in [5.41, 5.74) is -0.451. The van der Waals surface area contributed by atoms with Crippen molar-refractivity contribution in [1.29, 1.82) is 0 Å². The molecule has 0 spiro atoms. The van der Waals surface area contributed by atoms with Gasteiger partial charge in [0.25, 0.3) is 0 Å². The number of aromatic carboxylic acids is 1. The van der Waals surface area contributed by atoms with Gasteiger partial charge < -0.3 is 10.4 Å². The molecule has 18 heavy (non-hydrogen) atoms. The number of sulfonamides is 1. The van der Waals surface area contributed by atoms with E-state index in [4.69, 9.17) is 5.11 Å². The number of hydrogen-bond acceptors (Lipinski definition) is 4. The predicted molar refractivity (Wildman–Crippen MR) is 64.7 cm³/mol. The highest BCUT2D eigenvalue weighted by Gasteiger charge is 2.14. The Labute approximate surface area is 104 Å². The van der Waals surface area contributed by atoms with Crippen molar-refractivity contribution < 1.29 is 22.7 Å². The standard InChI is InChI=1S/C10H13FN2O4S/c1-12-18(16,17)6-5-13-9-7(10(14)15)3-2-4-8(9)11/h2-4,12-13H,5-6H2,1H3,(H,14,15). The van der Waals surface area contributed by atoms with Crippen molar-refractivity contribution in [1.82, 2.24) is 4.72 Å². The van der Waals surface area contributed by atoms with Crippen molar-refractivity contribution in [2.75, 3.05) is 24.7 Å². The van der Waals surface area contributed by atoms with E-state index in [1.807, 2.05) is 0 Å². The van der Waals surface area contributed by atoms with Crippen LogP contribution in [0.5, 0.6) is 0 Å². The van der Waals surface area contributed by atoms with Gasteiger partial charge in [0.1, 0.15) is 5.82 Å². The van der Waals surface area contributed by atoms with Gasteiger partial charge in [-0.05, 0) is 19.2 Å². The van der Waals surface area contributed by atoms with Crippen LogP contribution in [-0.2, 0) is 10.0 Å². The summed E-state index contributed by atoms with van der Waals surface area (Å²) in [6.07, 6.45) is 0. The topological polar surface area (TPSA) is 95.5 Å². The van der Waals surface area contributed by atoms with Crippen LogP contribution in [0.1, 0.15) is 10.4 Å². The van der Waals surface area contributed by atoms with Crippen molar-refractivity contribution in [2.45, 2.75) is 0 Å². The summed E-state index contributed by atoms with van der Waals surface area (Å²) in [5, 5.41) is 11.3. The van der Waals surface area contributed by atoms with Crippen LogP contribution in [0.2, 0.25) is 0 Å². The van der Waals surface area contributed by atoms with E-state index < -0.39 is 21.8 Å². The molecule has 0 aromatic heterocycles. The normalized spacial score (nSPS) is 11.2. The van der Waals surface area contributed by atoms with Gasteiger partial charge in [0.05, 0.1) is 17.0 Å². The Balaban J connectivity index is 2.82. The van der Waals surface area contributed by atoms with Crippen molar-refractivity contribution in [2.24, 2.45) is 0 Å². The molecule has 1 aromatic rings. The summed E-state index contributed by atoms with van der Waals surface area (Å²) in [5.74, 6) is -2.30. The van der Waals surface area contributed by atoms with Crippen LogP contribution in [-0.4, -0.2) is 38.8 Å². The first-order valence-corrected chi connectivity index (χ1v) is 6.69. The lowest BCUT2D eigenvalue weighted by Crippen LogP contribution is -2.26. The Morgan fingerprint density at radius 1 is 1.44 bits per heavy atom. The molecular formula is C10H13FN2O4S. The van der Waals surface area contributed by atoms with E-state index >= 15 is 0 Å². The number of hydrogen-bond donors (Lipinski definition) is 3. The quantitative estimate of drug-likeness (QED) is 0.702. The van der Waals surface area contributed by atoms with E-state index in [1.165, 1.54) is 19.2 Å². The second kappa shape index (κ2) is 5.78. The molecule has 0 aliphatic heterocycles. The second-order valence-electron chi connectivity index (χ2n) is 3.42. The molecule has 0 fully saturated rings. The highest BCUT2D eigenvalue weighted by molar-refractivity contribution is 7.89. The zero-order valence-corrected chi connectivity index (χ0v) is 10.4. The Morgan fingerprint density at radius 2 is 2.11 bits per heavy atom. The fourth-order valence-electron chi connectivity index (χ4n) is 1.29. The average Bonchev–Trinajstić information content (AvgIpc) is 2.30. The van der Waals surface area contributed by atoms with Crippen molar-refractivity contribution >= 4 is 21.7 Å². The van der Waals surface area contributed by atoms with Crippen molar-refractivity contribution in [3.63, 3.8) is 0 Å². The molecule has 0 unspecified atom stereocenters. The highest BCUT2D eigenvalue weighted by atomic mass is 32.2. The van der Waals surface area contributed by atoms with E-state index in [2.05, 4.69) is 10.0 Å². The number of carboxylic acids is 1. The molecule has 0 radical (unpaired) electrons. The highest BCUT2D eigenvalue weighted by Crippen LogP contribution is 2.19. The van der Waals surface area contributed by atoms with Crippen LogP contribution in [0.25, 0.3) is 0 Å². The van der Waals surface area contributed by atoms with E-state index in [9.17, 15) is 17.6 Å². The van der Waals surface area contributed by atoms with E-state index in [-0.39, 0.29) is 23.5 Å². The fourth-order valence-corrected chi connectivity index (χ4v) is 1.87. The summed E-state index contributed by atoms with van der Waals surface area (Å²) in [4.78, 5) is 10.9. The zero-order valence-electron chi connectivity index (χ0n) is 9.60. The maximum atomic E-state index is 13.4. The van der Waals surface area contributed by atoms with Gasteiger partial charge in [-0.3, -0.25) is 0 Å². The first-order chi connectivity index (χ1) is 8.37. The molecule has 0 aliphatic rings. The average molecular weight is 276 g/mol. The maximum absolute atomic E-state index is 13.4. The smallest absolute Gasteiger partial charge is 0.337 e. The first kappa shape index (κ1) is 14.4. The van der Waals surface area contributed by atoms with Gasteiger partial charge in [-0.25, -0.2) is 22.3 Å². The van der Waals surface area contributed by atoms with Crippen LogP contribution in [0.15, 0.2) is 18.2 Å². The number of anilines is 1. The van der Waals surface area contributed by atoms with E-state index in [0.717, 1.165) is 6.07 Å². The Morgan fingerprint density at radius 3 is 2.67 bits per heavy atom. The van der Waals surface area contributed by atoms with Gasteiger partial charge in [0, 0.05) is 6.54 Å². The molecule has 0 aliphatic carbocycles. The second-order valence-corrected chi connectivity index (χ2v) is 5.46. The van der Waals surface area contributed by atoms with E-state index in [0.29, 0.717) is 0 Å². The molecule has 0 heterocycles. The number of nitrogens with one attached hydrogen (secondary N) is 2. The molecule has 0 saturated heterocycles. The minimum absolute atomic E-state index is 0.0929. The Kier molecular flexibility index (Phi) is 4.62. The van der Waals surface area contributed by atoms with Gasteiger partial charge >= 0.3 is 5.97 Å². The van der Waals surface area contributed by atoms with Gasteiger partial charge in [0.15, 0.2) is 0 Å². The lowest BCUT2D eigenvalue weighted by Gasteiger charge is -2.10. The molecule has 0 amide bonds. The molecule has 0 atom stereocenters. The van der Waals surface area contributed by atoms with Gasteiger partial charge in [-0.1, -0.05) is 6.07 Å². The molecule has 0 bridgehead atoms. The number of para-hydroxylation sites is 1. The Hall–Kier alpha value is -1.67. The third-order valence-electron chi connectivity index (χ3n) is 2.23. The minimum Gasteiger partial charge on any atom is -0.478 e. The Bertz CT molecular complexity index is 545. The summed E-state index contributed by atoms with van der Waals surface area (Å²) in [6.45, 7) is -0.0929. The van der Waals surface area contributed by atoms with Crippen LogP contribution >= 0.6 is 0 Å². The lowest BCUT2D eigenvalue weighted by atomic mass is 10.1. The monoisotopic (exact) mass is 276 g/mol. The van der Waals surface area contributed by atoms with Crippen molar-refractivity contribution in [3.05, 3.63) is 29.6 Å². The lowest BCUT2D eigenvalue weighted by molar-refractivity contribution is 0.0697. The SMILES string of the molecule is CNS(=O)(=O)CCNc1c(F)cccc1C(=O)O. The molecule has 100 valence electrons. The molecule has 0 saturated carbocycles. The third-order valence-corrected chi connectivity index (χ3v) is 3.59. The van der Waals surface area contributed by atoms with Gasteiger partial charge in [-0.15, -0.1) is 0 Å². The molecule has 8 heteroatoms. The van der Waals surface area contributed by atoms with Crippen molar-refractivity contribution in [3.8, 4) is 0 Å². The molecule has 3 N–H and O–H groups in total. The number of carbonyl (C=O) groups is 1. The summed E-state index contributed by atoms with van der Waals surface area (Å²) in [7, 11) is -2.15. The minimum atomic E-state index is -3.42. The third kappa shape index (κ3) is 3.67. The number of carboxylic acid groups (broad SMARTS) is 1. The zero-order chi connectivity index (χ0) is 13.8. The number of halogens is 1. The molecule has 6 nitrogen and oxygen atoms in total. The summed E-state index contributed by atoms with van der Waals surface area (Å²) >= 11 is 0. The largest absolute Gasteiger partial charge is 0.478 e. The molecular weight excluding hydrogens is 263 g/mol. The maximum Gasteiger partial charge on any atom is 0.337 e. The van der Waals surface area contributed by atoms with Crippen LogP contribution in [0.4, 0.5) is 10.1 Å². The predicted octanol–water partition coefficient (Wildman–Crippen LogP) is 0.485. The van der Waals surface area contributed by atoms with Crippen LogP contribution < -0.4 is 10.0 Å². The first-order valence-electron chi connectivity index (χ1n) is 5.04. The number of rotatable bonds is 6. The van der Waals surface area contributed by atoms with Crippen LogP contribution in [0, 0.1) is 5.82 Å². The fraction of sp³-hybridized carbons (Fsp3) is 0.300. The summed E-state index contributed by atoms with van der Waals surface area (Å²) < 4.78 is 37.8.